The Morgan fingerprint density at radius 3 is 2.32 bits per heavy atom. The maximum atomic E-state index is 14.2. The average Bonchev–Trinajstić information content (AvgIpc) is 3.56. The smallest absolute Gasteiger partial charge is 0.259 e. The van der Waals surface area contributed by atoms with E-state index in [2.05, 4.69) is 10.3 Å². The highest BCUT2D eigenvalue weighted by atomic mass is 35.5. The summed E-state index contributed by atoms with van der Waals surface area (Å²) in [6.07, 6.45) is -4.31. The van der Waals surface area contributed by atoms with Crippen molar-refractivity contribution in [3.63, 3.8) is 0 Å². The van der Waals surface area contributed by atoms with E-state index < -0.39 is 66.8 Å². The second-order valence-corrected chi connectivity index (χ2v) is 11.2. The molecule has 41 heavy (non-hydrogen) atoms. The van der Waals surface area contributed by atoms with Crippen molar-refractivity contribution in [1.82, 2.24) is 15.0 Å². The van der Waals surface area contributed by atoms with Crippen LogP contribution in [0.2, 0.25) is 10.0 Å². The highest BCUT2D eigenvalue weighted by Gasteiger charge is 2.51. The lowest BCUT2D eigenvalue weighted by atomic mass is 9.91. The first-order valence-corrected chi connectivity index (χ1v) is 13.7. The van der Waals surface area contributed by atoms with Gasteiger partial charge in [-0.25, -0.2) is 13.5 Å². The van der Waals surface area contributed by atoms with E-state index in [0.29, 0.717) is 19.3 Å². The zero-order valence-corrected chi connectivity index (χ0v) is 23.3. The number of aliphatic hydroxyl groups is 4. The zero-order chi connectivity index (χ0) is 29.6. The van der Waals surface area contributed by atoms with Crippen LogP contribution in [0.3, 0.4) is 0 Å². The van der Waals surface area contributed by atoms with Crippen LogP contribution in [0.4, 0.5) is 14.5 Å². The molecule has 7 atom stereocenters. The Bertz CT molecular complexity index is 1400. The molecule has 0 spiro atoms. The lowest BCUT2D eigenvalue weighted by Crippen LogP contribution is -2.62. The van der Waals surface area contributed by atoms with Gasteiger partial charge in [-0.3, -0.25) is 4.79 Å². The number of aromatic nitrogens is 3. The SMILES string of the molecule is Cc1c(F)cc(-c2cn([C@H]3[C@@H](O)[C@@H](CO)O[C@@H](C(=O)N(c4cc(Cl)cc(Cl)c4)[C@H]4CCC[C@@H]4O)[C@@H]3O)nn2)cc1F. The minimum absolute atomic E-state index is 0.0430. The molecule has 220 valence electrons. The van der Waals surface area contributed by atoms with Gasteiger partial charge < -0.3 is 30.1 Å². The summed E-state index contributed by atoms with van der Waals surface area (Å²) in [5.41, 5.74) is 0.213. The van der Waals surface area contributed by atoms with Crippen LogP contribution in [-0.2, 0) is 9.53 Å². The quantitative estimate of drug-likeness (QED) is 0.333. The van der Waals surface area contributed by atoms with Gasteiger partial charge in [0.1, 0.15) is 41.7 Å². The van der Waals surface area contributed by atoms with Gasteiger partial charge in [0.2, 0.25) is 0 Å². The van der Waals surface area contributed by atoms with Crippen molar-refractivity contribution in [2.24, 2.45) is 0 Å². The molecule has 14 heteroatoms. The molecule has 1 aliphatic carbocycles. The van der Waals surface area contributed by atoms with Crippen LogP contribution in [-0.4, -0.2) is 84.5 Å². The number of anilines is 1. The summed E-state index contributed by atoms with van der Waals surface area (Å²) in [5, 5.41) is 51.4. The van der Waals surface area contributed by atoms with Crippen LogP contribution in [0.1, 0.15) is 30.9 Å². The van der Waals surface area contributed by atoms with E-state index >= 15 is 0 Å². The van der Waals surface area contributed by atoms with Gasteiger partial charge in [-0.1, -0.05) is 28.4 Å². The van der Waals surface area contributed by atoms with Gasteiger partial charge in [-0.2, -0.15) is 0 Å². The van der Waals surface area contributed by atoms with Crippen LogP contribution >= 0.6 is 23.2 Å². The molecule has 1 aromatic heterocycles. The van der Waals surface area contributed by atoms with E-state index in [1.54, 1.807) is 0 Å². The number of benzene rings is 2. The van der Waals surface area contributed by atoms with Crippen molar-refractivity contribution in [2.45, 2.75) is 68.8 Å². The number of carbonyl (C=O) groups is 1. The van der Waals surface area contributed by atoms with Gasteiger partial charge in [0.05, 0.1) is 24.9 Å². The predicted molar refractivity (Wildman–Crippen MR) is 145 cm³/mol. The third-order valence-electron chi connectivity index (χ3n) is 7.67. The highest BCUT2D eigenvalue weighted by molar-refractivity contribution is 6.35. The van der Waals surface area contributed by atoms with Gasteiger partial charge in [-0.15, -0.1) is 5.10 Å². The lowest BCUT2D eigenvalue weighted by molar-refractivity contribution is -0.205. The van der Waals surface area contributed by atoms with E-state index in [-0.39, 0.29) is 32.6 Å². The van der Waals surface area contributed by atoms with Gasteiger partial charge in [0.25, 0.3) is 5.91 Å². The van der Waals surface area contributed by atoms with E-state index in [4.69, 9.17) is 27.9 Å². The number of ether oxygens (including phenoxy) is 1. The molecular formula is C27H28Cl2F2N4O6. The number of hydrogen-bond donors (Lipinski definition) is 4. The molecule has 3 aromatic rings. The number of rotatable bonds is 6. The van der Waals surface area contributed by atoms with Crippen molar-refractivity contribution in [3.05, 3.63) is 63.8 Å². The molecule has 4 N–H and O–H groups in total. The maximum absolute atomic E-state index is 14.2. The Hall–Kier alpha value is -2.71. The summed E-state index contributed by atoms with van der Waals surface area (Å²) in [6.45, 7) is 0.580. The summed E-state index contributed by atoms with van der Waals surface area (Å²) in [5.74, 6) is -2.34. The average molecular weight is 613 g/mol. The van der Waals surface area contributed by atoms with Crippen molar-refractivity contribution in [2.75, 3.05) is 11.5 Å². The zero-order valence-electron chi connectivity index (χ0n) is 21.7. The lowest BCUT2D eigenvalue weighted by Gasteiger charge is -2.43. The second kappa shape index (κ2) is 11.9. The molecule has 1 saturated heterocycles. The highest BCUT2D eigenvalue weighted by Crippen LogP contribution is 2.37. The monoisotopic (exact) mass is 612 g/mol. The molecule has 2 heterocycles. The Labute approximate surface area is 243 Å². The largest absolute Gasteiger partial charge is 0.394 e. The fraction of sp³-hybridized carbons (Fsp3) is 0.444. The summed E-state index contributed by atoms with van der Waals surface area (Å²) in [6, 6.07) is 4.58. The van der Waals surface area contributed by atoms with Gasteiger partial charge in [0, 0.05) is 26.9 Å². The van der Waals surface area contributed by atoms with E-state index in [1.165, 1.54) is 36.2 Å². The fourth-order valence-corrected chi connectivity index (χ4v) is 6.00. The summed E-state index contributed by atoms with van der Waals surface area (Å²) in [7, 11) is 0. The Balaban J connectivity index is 1.51. The van der Waals surface area contributed by atoms with Crippen LogP contribution in [0.25, 0.3) is 11.3 Å². The van der Waals surface area contributed by atoms with E-state index in [9.17, 15) is 34.0 Å². The molecule has 10 nitrogen and oxygen atoms in total. The Kier molecular flexibility index (Phi) is 8.63. The number of halogens is 4. The minimum Gasteiger partial charge on any atom is -0.394 e. The second-order valence-electron chi connectivity index (χ2n) is 10.3. The molecule has 1 aliphatic heterocycles. The maximum Gasteiger partial charge on any atom is 0.259 e. The van der Waals surface area contributed by atoms with E-state index in [1.807, 2.05) is 0 Å². The third kappa shape index (κ3) is 5.70. The summed E-state index contributed by atoms with van der Waals surface area (Å²) in [4.78, 5) is 15.4. The van der Waals surface area contributed by atoms with Crippen molar-refractivity contribution < 1.29 is 38.7 Å². The topological polar surface area (TPSA) is 141 Å². The van der Waals surface area contributed by atoms with Gasteiger partial charge >= 0.3 is 0 Å². The molecule has 2 aromatic carbocycles. The molecule has 0 radical (unpaired) electrons. The number of nitrogens with zero attached hydrogens (tertiary/aromatic N) is 4. The third-order valence-corrected chi connectivity index (χ3v) is 8.10. The first kappa shape index (κ1) is 29.8. The Morgan fingerprint density at radius 1 is 1.07 bits per heavy atom. The molecule has 5 rings (SSSR count). The van der Waals surface area contributed by atoms with Crippen molar-refractivity contribution in [3.8, 4) is 11.3 Å². The molecule has 1 amide bonds. The fourth-order valence-electron chi connectivity index (χ4n) is 5.49. The normalized spacial score (nSPS) is 28.2. The van der Waals surface area contributed by atoms with Crippen LogP contribution in [0.5, 0.6) is 0 Å². The van der Waals surface area contributed by atoms with Crippen LogP contribution in [0, 0.1) is 18.6 Å². The number of aliphatic hydroxyl groups excluding tert-OH is 4. The molecule has 2 fully saturated rings. The molecule has 0 unspecified atom stereocenters. The standard InChI is InChI=1S/C27H28Cl2F2N4O6/c1-12-17(30)5-13(6-18(12)31)19-10-34(33-32-19)23-24(38)22(11-36)41-26(25(23)39)27(40)35(20-3-2-4-21(20)37)16-8-14(28)7-15(29)9-16/h5-10,20-26,36-39H,2-4,11H2,1H3/t20-,21-,22+,23-,24-,25+,26+/m0/s1. The molecule has 2 aliphatic rings. The summed E-state index contributed by atoms with van der Waals surface area (Å²) < 4.78 is 35.1. The van der Waals surface area contributed by atoms with Crippen molar-refractivity contribution in [1.29, 1.82) is 0 Å². The number of carbonyl (C=O) groups excluding carboxylic acids is 1. The molecule has 1 saturated carbocycles. The first-order chi connectivity index (χ1) is 19.5. The molecular weight excluding hydrogens is 585 g/mol. The van der Waals surface area contributed by atoms with Gasteiger partial charge in [0.15, 0.2) is 6.10 Å². The molecule has 0 bridgehead atoms. The van der Waals surface area contributed by atoms with E-state index in [0.717, 1.165) is 16.8 Å². The summed E-state index contributed by atoms with van der Waals surface area (Å²) >= 11 is 12.4. The Morgan fingerprint density at radius 2 is 1.73 bits per heavy atom. The minimum atomic E-state index is -1.72. The van der Waals surface area contributed by atoms with Crippen LogP contribution < -0.4 is 4.90 Å². The number of hydrogen-bond acceptors (Lipinski definition) is 8. The van der Waals surface area contributed by atoms with Crippen molar-refractivity contribution >= 4 is 34.8 Å². The predicted octanol–water partition coefficient (Wildman–Crippen LogP) is 2.81. The van der Waals surface area contributed by atoms with Gasteiger partial charge in [-0.05, 0) is 56.5 Å². The van der Waals surface area contributed by atoms with Crippen LogP contribution in [0.15, 0.2) is 36.5 Å². The first-order valence-electron chi connectivity index (χ1n) is 13.0. The number of amides is 1.